The molecule has 6 heteroatoms. The maximum Gasteiger partial charge on any atom is 0.191 e. The number of guanidine groups is 1. The number of aromatic nitrogens is 1. The molecule has 0 amide bonds. The average molecular weight is 383 g/mol. The van der Waals surface area contributed by atoms with E-state index >= 15 is 0 Å². The molecule has 0 bridgehead atoms. The zero-order valence-electron chi connectivity index (χ0n) is 16.6. The van der Waals surface area contributed by atoms with Crippen LogP contribution in [0.2, 0.25) is 0 Å². The van der Waals surface area contributed by atoms with Gasteiger partial charge in [0.05, 0.1) is 31.5 Å². The third kappa shape index (κ3) is 6.94. The molecule has 0 spiro atoms. The Morgan fingerprint density at radius 3 is 2.61 bits per heavy atom. The molecule has 6 nitrogen and oxygen atoms in total. The lowest BCUT2D eigenvalue weighted by Gasteiger charge is -2.22. The summed E-state index contributed by atoms with van der Waals surface area (Å²) < 4.78 is 11.3. The van der Waals surface area contributed by atoms with E-state index in [-0.39, 0.29) is 0 Å². The number of pyridine rings is 1. The second-order valence-corrected chi connectivity index (χ2v) is 6.81. The van der Waals surface area contributed by atoms with Crippen LogP contribution in [0.5, 0.6) is 0 Å². The molecule has 0 radical (unpaired) electrons. The van der Waals surface area contributed by atoms with Crippen molar-refractivity contribution in [2.75, 3.05) is 19.8 Å². The molecule has 28 heavy (non-hydrogen) atoms. The minimum atomic E-state index is 0.325. The minimum Gasteiger partial charge on any atom is -0.381 e. The minimum absolute atomic E-state index is 0.325. The van der Waals surface area contributed by atoms with E-state index in [9.17, 15) is 0 Å². The van der Waals surface area contributed by atoms with Crippen LogP contribution in [0.1, 0.15) is 36.6 Å². The fourth-order valence-electron chi connectivity index (χ4n) is 2.99. The van der Waals surface area contributed by atoms with Crippen molar-refractivity contribution in [2.45, 2.75) is 45.6 Å². The summed E-state index contributed by atoms with van der Waals surface area (Å²) in [5.74, 6) is 0.792. The predicted molar refractivity (Wildman–Crippen MR) is 111 cm³/mol. The summed E-state index contributed by atoms with van der Waals surface area (Å²) in [7, 11) is 0. The molecule has 2 N–H and O–H groups in total. The Kier molecular flexibility index (Phi) is 8.27. The Labute approximate surface area is 167 Å². The zero-order chi connectivity index (χ0) is 19.4. The molecule has 1 fully saturated rings. The molecule has 0 aliphatic carbocycles. The van der Waals surface area contributed by atoms with Crippen molar-refractivity contribution in [3.63, 3.8) is 0 Å². The van der Waals surface area contributed by atoms with Crippen LogP contribution in [-0.4, -0.2) is 36.8 Å². The van der Waals surface area contributed by atoms with E-state index in [4.69, 9.17) is 9.47 Å². The number of aliphatic imine (C=N–C) groups is 1. The van der Waals surface area contributed by atoms with Crippen LogP contribution < -0.4 is 10.6 Å². The van der Waals surface area contributed by atoms with Gasteiger partial charge in [0.25, 0.3) is 0 Å². The Balaban J connectivity index is 1.47. The zero-order valence-corrected chi connectivity index (χ0v) is 16.6. The first-order chi connectivity index (χ1) is 13.8. The highest BCUT2D eigenvalue weighted by Crippen LogP contribution is 2.14. The summed E-state index contributed by atoms with van der Waals surface area (Å²) in [6.07, 6.45) is 4.11. The van der Waals surface area contributed by atoms with Gasteiger partial charge in [0, 0.05) is 26.0 Å². The number of ether oxygens (including phenoxy) is 2. The van der Waals surface area contributed by atoms with E-state index in [2.05, 4.69) is 51.8 Å². The number of rotatable bonds is 8. The van der Waals surface area contributed by atoms with Crippen molar-refractivity contribution in [3.8, 4) is 0 Å². The van der Waals surface area contributed by atoms with Crippen LogP contribution in [0, 0.1) is 0 Å². The highest BCUT2D eigenvalue weighted by atomic mass is 16.5. The van der Waals surface area contributed by atoms with Gasteiger partial charge >= 0.3 is 0 Å². The first kappa shape index (κ1) is 20.3. The molecule has 3 rings (SSSR count). The number of nitrogens with zero attached hydrogens (tertiary/aromatic N) is 2. The van der Waals surface area contributed by atoms with Gasteiger partial charge in [-0.2, -0.15) is 0 Å². The summed E-state index contributed by atoms with van der Waals surface area (Å²) in [5, 5.41) is 6.59. The fourth-order valence-corrected chi connectivity index (χ4v) is 2.99. The van der Waals surface area contributed by atoms with E-state index < -0.39 is 0 Å². The SMILES string of the molecule is CCNC(=NCc1ccc(COC2CCOCC2)cc1)NCc1ccccn1. The van der Waals surface area contributed by atoms with Crippen molar-refractivity contribution in [1.82, 2.24) is 15.6 Å². The van der Waals surface area contributed by atoms with Gasteiger partial charge in [0.2, 0.25) is 0 Å². The average Bonchev–Trinajstić information content (AvgIpc) is 2.76. The number of nitrogens with one attached hydrogen (secondary N) is 2. The van der Waals surface area contributed by atoms with E-state index in [1.807, 2.05) is 18.2 Å². The lowest BCUT2D eigenvalue weighted by Crippen LogP contribution is -2.36. The van der Waals surface area contributed by atoms with Crippen LogP contribution in [0.3, 0.4) is 0 Å². The summed E-state index contributed by atoms with van der Waals surface area (Å²) in [6.45, 7) is 6.42. The molecule has 0 saturated carbocycles. The van der Waals surface area contributed by atoms with Crippen molar-refractivity contribution in [2.24, 2.45) is 4.99 Å². The molecule has 2 heterocycles. The van der Waals surface area contributed by atoms with Gasteiger partial charge in [-0.3, -0.25) is 4.98 Å². The van der Waals surface area contributed by atoms with Gasteiger partial charge in [-0.25, -0.2) is 4.99 Å². The van der Waals surface area contributed by atoms with Gasteiger partial charge in [0.1, 0.15) is 0 Å². The van der Waals surface area contributed by atoms with Crippen LogP contribution in [0.15, 0.2) is 53.7 Å². The lowest BCUT2D eigenvalue weighted by atomic mass is 10.1. The molecular weight excluding hydrogens is 352 g/mol. The topological polar surface area (TPSA) is 67.8 Å². The third-order valence-corrected chi connectivity index (χ3v) is 4.60. The number of benzene rings is 1. The normalized spacial score (nSPS) is 15.4. The maximum absolute atomic E-state index is 5.98. The molecule has 1 saturated heterocycles. The Bertz CT molecular complexity index is 713. The largest absolute Gasteiger partial charge is 0.381 e. The molecule has 2 aromatic rings. The van der Waals surface area contributed by atoms with Gasteiger partial charge < -0.3 is 20.1 Å². The molecule has 1 aliphatic heterocycles. The molecule has 0 unspecified atom stereocenters. The monoisotopic (exact) mass is 382 g/mol. The van der Waals surface area contributed by atoms with Crippen LogP contribution in [0.4, 0.5) is 0 Å². The highest BCUT2D eigenvalue weighted by Gasteiger charge is 2.13. The first-order valence-electron chi connectivity index (χ1n) is 10.0. The molecule has 150 valence electrons. The number of hydrogen-bond acceptors (Lipinski definition) is 4. The van der Waals surface area contributed by atoms with Crippen LogP contribution in [-0.2, 0) is 29.2 Å². The first-order valence-corrected chi connectivity index (χ1v) is 10.0. The van der Waals surface area contributed by atoms with Gasteiger partial charge in [-0.05, 0) is 43.0 Å². The summed E-state index contributed by atoms with van der Waals surface area (Å²) in [5.41, 5.74) is 3.35. The third-order valence-electron chi connectivity index (χ3n) is 4.60. The van der Waals surface area contributed by atoms with Crippen molar-refractivity contribution < 1.29 is 9.47 Å². The molecular formula is C22H30N4O2. The lowest BCUT2D eigenvalue weighted by molar-refractivity contribution is -0.0390. The second kappa shape index (κ2) is 11.4. The fraction of sp³-hybridized carbons (Fsp3) is 0.455. The standard InChI is InChI=1S/C22H30N4O2/c1-2-23-22(26-16-20-5-3-4-12-24-20)25-15-18-6-8-19(9-7-18)17-28-21-10-13-27-14-11-21/h3-9,12,21H,2,10-11,13-17H2,1H3,(H2,23,25,26). The Morgan fingerprint density at radius 2 is 1.89 bits per heavy atom. The molecule has 1 aromatic heterocycles. The van der Waals surface area contributed by atoms with Crippen molar-refractivity contribution >= 4 is 5.96 Å². The van der Waals surface area contributed by atoms with Gasteiger partial charge in [-0.1, -0.05) is 30.3 Å². The van der Waals surface area contributed by atoms with E-state index in [0.717, 1.165) is 44.3 Å². The quantitative estimate of drug-likeness (QED) is 0.543. The van der Waals surface area contributed by atoms with Crippen molar-refractivity contribution in [3.05, 3.63) is 65.5 Å². The highest BCUT2D eigenvalue weighted by molar-refractivity contribution is 5.79. The Morgan fingerprint density at radius 1 is 1.11 bits per heavy atom. The van der Waals surface area contributed by atoms with E-state index in [0.29, 0.717) is 25.8 Å². The van der Waals surface area contributed by atoms with E-state index in [1.165, 1.54) is 11.1 Å². The van der Waals surface area contributed by atoms with Crippen LogP contribution >= 0.6 is 0 Å². The van der Waals surface area contributed by atoms with Gasteiger partial charge in [0.15, 0.2) is 5.96 Å². The summed E-state index contributed by atoms with van der Waals surface area (Å²) in [4.78, 5) is 9.00. The molecule has 1 aromatic carbocycles. The number of hydrogen-bond donors (Lipinski definition) is 2. The van der Waals surface area contributed by atoms with Gasteiger partial charge in [-0.15, -0.1) is 0 Å². The Hall–Kier alpha value is -2.44. The summed E-state index contributed by atoms with van der Waals surface area (Å²) in [6, 6.07) is 14.4. The van der Waals surface area contributed by atoms with Crippen molar-refractivity contribution in [1.29, 1.82) is 0 Å². The molecule has 1 aliphatic rings. The predicted octanol–water partition coefficient (Wildman–Crippen LogP) is 3.03. The molecule has 0 atom stereocenters. The van der Waals surface area contributed by atoms with Crippen LogP contribution in [0.25, 0.3) is 0 Å². The second-order valence-electron chi connectivity index (χ2n) is 6.81. The summed E-state index contributed by atoms with van der Waals surface area (Å²) >= 11 is 0. The smallest absolute Gasteiger partial charge is 0.191 e. The maximum atomic E-state index is 5.98. The van der Waals surface area contributed by atoms with E-state index in [1.54, 1.807) is 6.20 Å².